The van der Waals surface area contributed by atoms with Crippen LogP contribution in [0.3, 0.4) is 0 Å². The van der Waals surface area contributed by atoms with Crippen molar-refractivity contribution in [3.05, 3.63) is 40.0 Å². The SMILES string of the molecule is CN1CCC(O)C2(CCCN(c3nc(Nc4ccc(Cl)c(Cl)c4)ncc3C(F)(F)F)C2)C1. The van der Waals surface area contributed by atoms with Crippen LogP contribution in [0.15, 0.2) is 24.4 Å². The summed E-state index contributed by atoms with van der Waals surface area (Å²) in [6.07, 6.45) is -2.34. The molecule has 0 bridgehead atoms. The zero-order valence-electron chi connectivity index (χ0n) is 17.5. The molecule has 2 fully saturated rings. The molecule has 1 aromatic carbocycles. The summed E-state index contributed by atoms with van der Waals surface area (Å²) < 4.78 is 41.4. The van der Waals surface area contributed by atoms with Gasteiger partial charge in [0, 0.05) is 43.5 Å². The lowest BCUT2D eigenvalue weighted by Gasteiger charge is -2.50. The lowest BCUT2D eigenvalue weighted by molar-refractivity contribution is -0.137. The van der Waals surface area contributed by atoms with Crippen molar-refractivity contribution in [1.82, 2.24) is 14.9 Å². The summed E-state index contributed by atoms with van der Waals surface area (Å²) in [5.74, 6) is -0.165. The number of piperidine rings is 2. The van der Waals surface area contributed by atoms with Gasteiger partial charge in [-0.25, -0.2) is 4.98 Å². The monoisotopic (exact) mass is 489 g/mol. The highest BCUT2D eigenvalue weighted by Crippen LogP contribution is 2.42. The number of hydrogen-bond acceptors (Lipinski definition) is 6. The van der Waals surface area contributed by atoms with E-state index >= 15 is 0 Å². The molecule has 2 aromatic rings. The minimum Gasteiger partial charge on any atom is -0.392 e. The Kier molecular flexibility index (Phi) is 6.46. The van der Waals surface area contributed by atoms with E-state index in [2.05, 4.69) is 20.2 Å². The molecule has 2 saturated heterocycles. The normalized spacial score (nSPS) is 24.7. The minimum absolute atomic E-state index is 0.0207. The quantitative estimate of drug-likeness (QED) is 0.643. The summed E-state index contributed by atoms with van der Waals surface area (Å²) in [4.78, 5) is 11.9. The number of aliphatic hydroxyl groups is 1. The zero-order chi connectivity index (χ0) is 23.1. The highest BCUT2D eigenvalue weighted by molar-refractivity contribution is 6.42. The molecule has 2 N–H and O–H groups in total. The summed E-state index contributed by atoms with van der Waals surface area (Å²) in [7, 11) is 1.97. The Labute approximate surface area is 194 Å². The number of halogens is 5. The number of rotatable bonds is 3. The molecule has 2 atom stereocenters. The van der Waals surface area contributed by atoms with Gasteiger partial charge in [-0.3, -0.25) is 0 Å². The fourth-order valence-electron chi connectivity index (χ4n) is 4.69. The fraction of sp³-hybridized carbons (Fsp3) is 0.524. The third-order valence-electron chi connectivity index (χ3n) is 6.23. The predicted molar refractivity (Wildman–Crippen MR) is 119 cm³/mol. The molecular weight excluding hydrogens is 466 g/mol. The van der Waals surface area contributed by atoms with Crippen molar-refractivity contribution in [2.45, 2.75) is 31.5 Å². The minimum atomic E-state index is -4.61. The second-order valence-corrected chi connectivity index (χ2v) is 9.43. The van der Waals surface area contributed by atoms with Gasteiger partial charge in [-0.15, -0.1) is 0 Å². The molecule has 4 rings (SSSR count). The number of nitrogens with one attached hydrogen (secondary N) is 1. The molecule has 1 aromatic heterocycles. The smallest absolute Gasteiger partial charge is 0.392 e. The van der Waals surface area contributed by atoms with Crippen LogP contribution >= 0.6 is 23.2 Å². The van der Waals surface area contributed by atoms with Crippen molar-refractivity contribution < 1.29 is 18.3 Å². The first kappa shape index (κ1) is 23.4. The molecule has 2 aliphatic rings. The van der Waals surface area contributed by atoms with Crippen molar-refractivity contribution in [3.8, 4) is 0 Å². The maximum absolute atomic E-state index is 13.8. The van der Waals surface area contributed by atoms with Crippen molar-refractivity contribution >= 4 is 40.7 Å². The van der Waals surface area contributed by atoms with E-state index in [1.54, 1.807) is 23.1 Å². The van der Waals surface area contributed by atoms with Crippen LogP contribution < -0.4 is 10.2 Å². The number of alkyl halides is 3. The molecule has 11 heteroatoms. The molecular formula is C21H24Cl2F3N5O. The summed E-state index contributed by atoms with van der Waals surface area (Å²) in [5, 5.41) is 14.3. The second kappa shape index (κ2) is 8.85. The number of aromatic nitrogens is 2. The Bertz CT molecular complexity index is 992. The zero-order valence-corrected chi connectivity index (χ0v) is 19.0. The van der Waals surface area contributed by atoms with E-state index in [0.717, 1.165) is 19.2 Å². The summed E-state index contributed by atoms with van der Waals surface area (Å²) >= 11 is 12.0. The van der Waals surface area contributed by atoms with Crippen LogP contribution in [0.1, 0.15) is 24.8 Å². The van der Waals surface area contributed by atoms with Gasteiger partial charge in [-0.2, -0.15) is 18.2 Å². The number of hydrogen-bond donors (Lipinski definition) is 2. The third-order valence-corrected chi connectivity index (χ3v) is 6.97. The number of benzene rings is 1. The standard InChI is InChI=1S/C21H24Cl2F3N5O/c1-30-8-5-17(32)20(11-30)6-2-7-31(12-20)18-14(21(24,25)26)10-27-19(29-18)28-13-3-4-15(22)16(23)9-13/h3-4,9-10,17,32H,2,5-8,11-12H2,1H3,(H,27,28,29). The molecule has 0 aliphatic carbocycles. The van der Waals surface area contributed by atoms with E-state index in [9.17, 15) is 18.3 Å². The Balaban J connectivity index is 1.67. The number of aliphatic hydroxyl groups excluding tert-OH is 1. The fourth-order valence-corrected chi connectivity index (χ4v) is 4.99. The molecule has 0 radical (unpaired) electrons. The third kappa shape index (κ3) is 4.76. The summed E-state index contributed by atoms with van der Waals surface area (Å²) in [6.45, 7) is 2.11. The van der Waals surface area contributed by atoms with Crippen molar-refractivity contribution in [2.75, 3.05) is 43.4 Å². The Morgan fingerprint density at radius 1 is 1.19 bits per heavy atom. The first-order valence-corrected chi connectivity index (χ1v) is 11.1. The average molecular weight is 490 g/mol. The molecule has 2 unspecified atom stereocenters. The molecule has 0 amide bonds. The van der Waals surface area contributed by atoms with Gasteiger partial charge in [-0.1, -0.05) is 23.2 Å². The van der Waals surface area contributed by atoms with Crippen LogP contribution in [0, 0.1) is 5.41 Å². The lowest BCUT2D eigenvalue weighted by Crippen LogP contribution is -2.58. The van der Waals surface area contributed by atoms with Gasteiger partial charge >= 0.3 is 6.18 Å². The van der Waals surface area contributed by atoms with Gasteiger partial charge in [0.1, 0.15) is 11.4 Å². The Morgan fingerprint density at radius 3 is 2.69 bits per heavy atom. The van der Waals surface area contributed by atoms with Crippen LogP contribution in [0.5, 0.6) is 0 Å². The molecule has 6 nitrogen and oxygen atoms in total. The van der Waals surface area contributed by atoms with Crippen LogP contribution in [-0.4, -0.2) is 59.3 Å². The number of likely N-dealkylation sites (tertiary alicyclic amines) is 1. The van der Waals surface area contributed by atoms with E-state index in [-0.39, 0.29) is 11.8 Å². The summed E-state index contributed by atoms with van der Waals surface area (Å²) in [6, 6.07) is 4.76. The van der Waals surface area contributed by atoms with Crippen molar-refractivity contribution in [2.24, 2.45) is 5.41 Å². The first-order chi connectivity index (χ1) is 15.1. The van der Waals surface area contributed by atoms with E-state index < -0.39 is 23.3 Å². The molecule has 1 spiro atoms. The topological polar surface area (TPSA) is 64.5 Å². The average Bonchev–Trinajstić information content (AvgIpc) is 2.73. The Hall–Kier alpha value is -1.81. The molecule has 2 aliphatic heterocycles. The van der Waals surface area contributed by atoms with Gasteiger partial charge in [0.15, 0.2) is 0 Å². The van der Waals surface area contributed by atoms with E-state index in [0.29, 0.717) is 48.2 Å². The van der Waals surface area contributed by atoms with Crippen LogP contribution in [-0.2, 0) is 6.18 Å². The lowest BCUT2D eigenvalue weighted by atomic mass is 9.71. The predicted octanol–water partition coefficient (Wildman–Crippen LogP) is 4.83. The van der Waals surface area contributed by atoms with Crippen molar-refractivity contribution in [3.63, 3.8) is 0 Å². The molecule has 0 saturated carbocycles. The highest BCUT2D eigenvalue weighted by Gasteiger charge is 2.46. The van der Waals surface area contributed by atoms with E-state index in [4.69, 9.17) is 23.2 Å². The van der Waals surface area contributed by atoms with Gasteiger partial charge < -0.3 is 20.2 Å². The molecule has 32 heavy (non-hydrogen) atoms. The maximum atomic E-state index is 13.8. The van der Waals surface area contributed by atoms with Gasteiger partial charge in [0.05, 0.1) is 16.1 Å². The maximum Gasteiger partial charge on any atom is 0.421 e. The van der Waals surface area contributed by atoms with Gasteiger partial charge in [0.2, 0.25) is 5.95 Å². The van der Waals surface area contributed by atoms with Crippen LogP contribution in [0.25, 0.3) is 0 Å². The molecule has 3 heterocycles. The first-order valence-electron chi connectivity index (χ1n) is 10.4. The highest BCUT2D eigenvalue weighted by atomic mass is 35.5. The number of nitrogens with zero attached hydrogens (tertiary/aromatic N) is 4. The van der Waals surface area contributed by atoms with E-state index in [1.165, 1.54) is 0 Å². The Morgan fingerprint density at radius 2 is 1.97 bits per heavy atom. The molecule has 174 valence electrons. The number of anilines is 3. The van der Waals surface area contributed by atoms with Crippen LogP contribution in [0.2, 0.25) is 10.0 Å². The van der Waals surface area contributed by atoms with E-state index in [1.807, 2.05) is 7.05 Å². The second-order valence-electron chi connectivity index (χ2n) is 8.61. The summed E-state index contributed by atoms with van der Waals surface area (Å²) in [5.41, 5.74) is -0.881. The van der Waals surface area contributed by atoms with Gasteiger partial charge in [0.25, 0.3) is 0 Å². The van der Waals surface area contributed by atoms with Gasteiger partial charge in [-0.05, 0) is 44.5 Å². The van der Waals surface area contributed by atoms with Crippen molar-refractivity contribution in [1.29, 1.82) is 0 Å². The van der Waals surface area contributed by atoms with Crippen LogP contribution in [0.4, 0.5) is 30.6 Å². The largest absolute Gasteiger partial charge is 0.421 e.